The van der Waals surface area contributed by atoms with Crippen molar-refractivity contribution in [3.05, 3.63) is 22.6 Å². The lowest BCUT2D eigenvalue weighted by Crippen LogP contribution is -2.26. The molecule has 5 heteroatoms. The summed E-state index contributed by atoms with van der Waals surface area (Å²) < 4.78 is 1.55. The molecule has 0 aliphatic carbocycles. The van der Waals surface area contributed by atoms with Crippen LogP contribution in [0.3, 0.4) is 0 Å². The summed E-state index contributed by atoms with van der Waals surface area (Å²) in [6, 6.07) is 1.67. The highest BCUT2D eigenvalue weighted by Gasteiger charge is 2.03. The van der Waals surface area contributed by atoms with E-state index < -0.39 is 0 Å². The summed E-state index contributed by atoms with van der Waals surface area (Å²) in [6.45, 7) is 7.85. The third-order valence-corrected chi connectivity index (χ3v) is 3.08. The quantitative estimate of drug-likeness (QED) is 0.688. The van der Waals surface area contributed by atoms with Crippen LogP contribution in [0, 0.1) is 0 Å². The lowest BCUT2D eigenvalue weighted by Gasteiger charge is -2.17. The van der Waals surface area contributed by atoms with Gasteiger partial charge in [0, 0.05) is 26.2 Å². The first kappa shape index (κ1) is 15.7. The van der Waals surface area contributed by atoms with Gasteiger partial charge in [0.05, 0.1) is 11.9 Å². The molecule has 0 aromatic carbocycles. The Bertz CT molecular complexity index is 416. The third kappa shape index (κ3) is 5.42. The summed E-state index contributed by atoms with van der Waals surface area (Å²) >= 11 is 0. The molecule has 1 aromatic rings. The SMILES string of the molecule is CCCN(C)c1cnn(CCCCNCC)c(=O)c1. The van der Waals surface area contributed by atoms with E-state index in [0.717, 1.165) is 44.6 Å². The largest absolute Gasteiger partial charge is 0.373 e. The van der Waals surface area contributed by atoms with Gasteiger partial charge in [-0.25, -0.2) is 4.68 Å². The van der Waals surface area contributed by atoms with Crippen molar-refractivity contribution in [1.29, 1.82) is 0 Å². The summed E-state index contributed by atoms with van der Waals surface area (Å²) in [5, 5.41) is 7.51. The fraction of sp³-hybridized carbons (Fsp3) is 0.714. The second-order valence-corrected chi connectivity index (χ2v) is 4.76. The number of unbranched alkanes of at least 4 members (excludes halogenated alkanes) is 1. The number of hydrogen-bond acceptors (Lipinski definition) is 4. The number of aromatic nitrogens is 2. The summed E-state index contributed by atoms with van der Waals surface area (Å²) in [6.07, 6.45) is 4.88. The number of anilines is 1. The topological polar surface area (TPSA) is 50.2 Å². The lowest BCUT2D eigenvalue weighted by molar-refractivity contribution is 0.518. The number of hydrogen-bond donors (Lipinski definition) is 1. The first-order chi connectivity index (χ1) is 9.19. The minimum absolute atomic E-state index is 0.0103. The van der Waals surface area contributed by atoms with Gasteiger partial charge in [0.15, 0.2) is 0 Å². The van der Waals surface area contributed by atoms with Crippen LogP contribution < -0.4 is 15.8 Å². The Kier molecular flexibility index (Phi) is 7.18. The molecular formula is C14H26N4O. The maximum absolute atomic E-state index is 11.9. The molecule has 0 atom stereocenters. The van der Waals surface area contributed by atoms with E-state index in [2.05, 4.69) is 29.2 Å². The van der Waals surface area contributed by atoms with E-state index in [-0.39, 0.29) is 5.56 Å². The second kappa shape index (κ2) is 8.69. The predicted molar refractivity (Wildman–Crippen MR) is 79.8 cm³/mol. The number of nitrogens with one attached hydrogen (secondary N) is 1. The summed E-state index contributed by atoms with van der Waals surface area (Å²) in [5.41, 5.74) is 0.889. The van der Waals surface area contributed by atoms with Crippen molar-refractivity contribution in [3.8, 4) is 0 Å². The summed E-state index contributed by atoms with van der Waals surface area (Å²) in [4.78, 5) is 14.0. The molecule has 0 fully saturated rings. The van der Waals surface area contributed by atoms with Gasteiger partial charge in [-0.15, -0.1) is 0 Å². The van der Waals surface area contributed by atoms with Gasteiger partial charge in [0.1, 0.15) is 0 Å². The van der Waals surface area contributed by atoms with E-state index in [1.807, 2.05) is 7.05 Å². The highest BCUT2D eigenvalue weighted by molar-refractivity contribution is 5.41. The van der Waals surface area contributed by atoms with Crippen molar-refractivity contribution >= 4 is 5.69 Å². The van der Waals surface area contributed by atoms with E-state index in [0.29, 0.717) is 6.54 Å². The Hall–Kier alpha value is -1.36. The Morgan fingerprint density at radius 2 is 2.16 bits per heavy atom. The van der Waals surface area contributed by atoms with Crippen LogP contribution in [0.1, 0.15) is 33.1 Å². The zero-order chi connectivity index (χ0) is 14.1. The molecule has 1 aromatic heterocycles. The Balaban J connectivity index is 2.50. The van der Waals surface area contributed by atoms with E-state index in [9.17, 15) is 4.79 Å². The van der Waals surface area contributed by atoms with E-state index in [4.69, 9.17) is 0 Å². The molecule has 0 aliphatic rings. The molecular weight excluding hydrogens is 240 g/mol. The molecule has 0 spiro atoms. The van der Waals surface area contributed by atoms with Crippen LogP contribution in [0.5, 0.6) is 0 Å². The van der Waals surface area contributed by atoms with Crippen molar-refractivity contribution in [3.63, 3.8) is 0 Å². The molecule has 0 aliphatic heterocycles. The molecule has 19 heavy (non-hydrogen) atoms. The Labute approximate surface area is 115 Å². The fourth-order valence-corrected chi connectivity index (χ4v) is 1.95. The number of rotatable bonds is 9. The highest BCUT2D eigenvalue weighted by atomic mass is 16.1. The number of aryl methyl sites for hydroxylation is 1. The third-order valence-electron chi connectivity index (χ3n) is 3.08. The molecule has 1 rings (SSSR count). The van der Waals surface area contributed by atoms with Gasteiger partial charge in [-0.1, -0.05) is 13.8 Å². The fourth-order valence-electron chi connectivity index (χ4n) is 1.95. The Morgan fingerprint density at radius 3 is 2.79 bits per heavy atom. The minimum Gasteiger partial charge on any atom is -0.373 e. The Morgan fingerprint density at radius 1 is 1.37 bits per heavy atom. The van der Waals surface area contributed by atoms with Gasteiger partial charge in [-0.3, -0.25) is 4.79 Å². The summed E-state index contributed by atoms with van der Waals surface area (Å²) in [7, 11) is 1.99. The minimum atomic E-state index is -0.0103. The zero-order valence-corrected chi connectivity index (χ0v) is 12.4. The van der Waals surface area contributed by atoms with Crippen molar-refractivity contribution < 1.29 is 0 Å². The summed E-state index contributed by atoms with van der Waals surface area (Å²) in [5.74, 6) is 0. The van der Waals surface area contributed by atoms with Crippen LogP contribution in [0.2, 0.25) is 0 Å². The van der Waals surface area contributed by atoms with E-state index in [1.165, 1.54) is 0 Å². The van der Waals surface area contributed by atoms with Gasteiger partial charge in [0.25, 0.3) is 5.56 Å². The van der Waals surface area contributed by atoms with Gasteiger partial charge in [-0.05, 0) is 32.4 Å². The predicted octanol–water partition coefficient (Wildman–Crippen LogP) is 1.48. The average molecular weight is 266 g/mol. The first-order valence-corrected chi connectivity index (χ1v) is 7.18. The normalized spacial score (nSPS) is 10.7. The van der Waals surface area contributed by atoms with Gasteiger partial charge in [0.2, 0.25) is 0 Å². The van der Waals surface area contributed by atoms with Crippen molar-refractivity contribution in [1.82, 2.24) is 15.1 Å². The van der Waals surface area contributed by atoms with Crippen LogP contribution in [0.4, 0.5) is 5.69 Å². The molecule has 108 valence electrons. The molecule has 0 radical (unpaired) electrons. The zero-order valence-electron chi connectivity index (χ0n) is 12.4. The molecule has 1 heterocycles. The second-order valence-electron chi connectivity index (χ2n) is 4.76. The van der Waals surface area contributed by atoms with Crippen molar-refractivity contribution in [2.45, 2.75) is 39.7 Å². The monoisotopic (exact) mass is 266 g/mol. The average Bonchev–Trinajstić information content (AvgIpc) is 2.40. The van der Waals surface area contributed by atoms with Crippen molar-refractivity contribution in [2.24, 2.45) is 0 Å². The molecule has 0 saturated carbocycles. The smallest absolute Gasteiger partial charge is 0.268 e. The molecule has 0 bridgehead atoms. The molecule has 0 amide bonds. The van der Waals surface area contributed by atoms with E-state index >= 15 is 0 Å². The highest BCUT2D eigenvalue weighted by Crippen LogP contribution is 2.07. The first-order valence-electron chi connectivity index (χ1n) is 7.18. The molecule has 1 N–H and O–H groups in total. The van der Waals surface area contributed by atoms with Crippen LogP contribution in [0.25, 0.3) is 0 Å². The maximum Gasteiger partial charge on any atom is 0.268 e. The molecule has 0 unspecified atom stereocenters. The van der Waals surface area contributed by atoms with Crippen LogP contribution in [0.15, 0.2) is 17.1 Å². The van der Waals surface area contributed by atoms with Gasteiger partial charge in [-0.2, -0.15) is 5.10 Å². The van der Waals surface area contributed by atoms with Crippen LogP contribution >= 0.6 is 0 Å². The lowest BCUT2D eigenvalue weighted by atomic mass is 10.3. The van der Waals surface area contributed by atoms with Crippen LogP contribution in [-0.2, 0) is 6.54 Å². The maximum atomic E-state index is 11.9. The molecule has 0 saturated heterocycles. The van der Waals surface area contributed by atoms with Gasteiger partial charge >= 0.3 is 0 Å². The van der Waals surface area contributed by atoms with Crippen molar-refractivity contribution in [2.75, 3.05) is 31.6 Å². The van der Waals surface area contributed by atoms with E-state index in [1.54, 1.807) is 16.9 Å². The van der Waals surface area contributed by atoms with Crippen LogP contribution in [-0.4, -0.2) is 36.5 Å². The standard InChI is InChI=1S/C14H26N4O/c1-4-9-17(3)13-11-14(19)18(16-12-13)10-7-6-8-15-5-2/h11-12,15H,4-10H2,1-3H3. The number of nitrogens with zero attached hydrogens (tertiary/aromatic N) is 3. The molecule has 5 nitrogen and oxygen atoms in total. The van der Waals surface area contributed by atoms with Gasteiger partial charge < -0.3 is 10.2 Å².